The van der Waals surface area contributed by atoms with Gasteiger partial charge in [0.05, 0.1) is 11.2 Å². The first kappa shape index (κ1) is 12.7. The van der Waals surface area contributed by atoms with Gasteiger partial charge in [-0.1, -0.05) is 15.9 Å². The van der Waals surface area contributed by atoms with E-state index < -0.39 is 17.3 Å². The van der Waals surface area contributed by atoms with Crippen LogP contribution in [0, 0.1) is 0 Å². The van der Waals surface area contributed by atoms with Gasteiger partial charge in [0.15, 0.2) is 0 Å². The molecule has 1 aliphatic heterocycles. The molecule has 17 heavy (non-hydrogen) atoms. The molecule has 2 rings (SSSR count). The fourth-order valence-electron chi connectivity index (χ4n) is 1.96. The molecule has 1 saturated heterocycles. The van der Waals surface area contributed by atoms with E-state index in [0.29, 0.717) is 4.47 Å². The Kier molecular flexibility index (Phi) is 2.90. The SMILES string of the molecule is CC1(O)CN(c2ccc(Br)cc2C(F)(F)F)C1. The van der Waals surface area contributed by atoms with Crippen LogP contribution in [-0.4, -0.2) is 23.8 Å². The van der Waals surface area contributed by atoms with Crippen molar-refractivity contribution in [2.75, 3.05) is 18.0 Å². The number of aliphatic hydroxyl groups is 1. The molecule has 0 atom stereocenters. The molecule has 0 radical (unpaired) electrons. The van der Waals surface area contributed by atoms with Crippen LogP contribution in [0.3, 0.4) is 0 Å². The van der Waals surface area contributed by atoms with E-state index in [4.69, 9.17) is 0 Å². The van der Waals surface area contributed by atoms with Crippen LogP contribution in [0.15, 0.2) is 22.7 Å². The Morgan fingerprint density at radius 1 is 1.35 bits per heavy atom. The summed E-state index contributed by atoms with van der Waals surface area (Å²) < 4.78 is 38.9. The third kappa shape index (κ3) is 2.57. The van der Waals surface area contributed by atoms with E-state index >= 15 is 0 Å². The summed E-state index contributed by atoms with van der Waals surface area (Å²) in [6, 6.07) is 4.04. The maximum atomic E-state index is 12.8. The number of halogens is 4. The highest BCUT2D eigenvalue weighted by Gasteiger charge is 2.41. The van der Waals surface area contributed by atoms with Crippen LogP contribution >= 0.6 is 15.9 Å². The fraction of sp³-hybridized carbons (Fsp3) is 0.455. The summed E-state index contributed by atoms with van der Waals surface area (Å²) in [4.78, 5) is 1.52. The molecule has 1 aromatic rings. The zero-order valence-electron chi connectivity index (χ0n) is 9.05. The van der Waals surface area contributed by atoms with Gasteiger partial charge in [-0.05, 0) is 25.1 Å². The summed E-state index contributed by atoms with van der Waals surface area (Å²) in [5.74, 6) is 0. The molecule has 0 amide bonds. The van der Waals surface area contributed by atoms with E-state index in [2.05, 4.69) is 15.9 Å². The van der Waals surface area contributed by atoms with Crippen molar-refractivity contribution < 1.29 is 18.3 Å². The van der Waals surface area contributed by atoms with Crippen LogP contribution in [-0.2, 0) is 6.18 Å². The Hall–Kier alpha value is -0.750. The summed E-state index contributed by atoms with van der Waals surface area (Å²) in [5, 5.41) is 9.56. The third-order valence-electron chi connectivity index (χ3n) is 2.67. The van der Waals surface area contributed by atoms with Crippen molar-refractivity contribution in [2.24, 2.45) is 0 Å². The highest BCUT2D eigenvalue weighted by Crippen LogP contribution is 2.40. The smallest absolute Gasteiger partial charge is 0.386 e. The fourth-order valence-corrected chi connectivity index (χ4v) is 2.32. The molecule has 1 N–H and O–H groups in total. The number of alkyl halides is 3. The Morgan fingerprint density at radius 3 is 2.41 bits per heavy atom. The Morgan fingerprint density at radius 2 is 1.94 bits per heavy atom. The number of hydrogen-bond acceptors (Lipinski definition) is 2. The minimum atomic E-state index is -4.39. The maximum absolute atomic E-state index is 12.8. The summed E-state index contributed by atoms with van der Waals surface area (Å²) in [6.45, 7) is 2.05. The van der Waals surface area contributed by atoms with Gasteiger partial charge in [0.25, 0.3) is 0 Å². The molecule has 1 aliphatic rings. The molecular weight excluding hydrogens is 299 g/mol. The van der Waals surface area contributed by atoms with Crippen molar-refractivity contribution in [2.45, 2.75) is 18.7 Å². The average Bonchev–Trinajstić information content (AvgIpc) is 2.12. The third-order valence-corrected chi connectivity index (χ3v) is 3.16. The highest BCUT2D eigenvalue weighted by molar-refractivity contribution is 9.10. The lowest BCUT2D eigenvalue weighted by atomic mass is 9.95. The number of rotatable bonds is 1. The van der Waals surface area contributed by atoms with Crippen molar-refractivity contribution in [1.82, 2.24) is 0 Å². The van der Waals surface area contributed by atoms with E-state index in [1.165, 1.54) is 11.0 Å². The van der Waals surface area contributed by atoms with Gasteiger partial charge in [0.2, 0.25) is 0 Å². The van der Waals surface area contributed by atoms with Crippen LogP contribution in [0.2, 0.25) is 0 Å². The Bertz CT molecular complexity index is 437. The van der Waals surface area contributed by atoms with Gasteiger partial charge in [-0.2, -0.15) is 13.2 Å². The van der Waals surface area contributed by atoms with Gasteiger partial charge in [-0.15, -0.1) is 0 Å². The molecule has 0 spiro atoms. The largest absolute Gasteiger partial charge is 0.418 e. The lowest BCUT2D eigenvalue weighted by molar-refractivity contribution is -0.137. The molecule has 0 saturated carbocycles. The van der Waals surface area contributed by atoms with Crippen LogP contribution in [0.4, 0.5) is 18.9 Å². The summed E-state index contributed by atoms with van der Waals surface area (Å²) in [5.41, 5.74) is -1.45. The molecule has 0 unspecified atom stereocenters. The molecule has 1 aromatic carbocycles. The molecule has 6 heteroatoms. The van der Waals surface area contributed by atoms with Crippen molar-refractivity contribution in [3.05, 3.63) is 28.2 Å². The Balaban J connectivity index is 2.35. The molecule has 0 aliphatic carbocycles. The first-order valence-corrected chi connectivity index (χ1v) is 5.82. The molecule has 0 aromatic heterocycles. The van der Waals surface area contributed by atoms with Gasteiger partial charge in [0.1, 0.15) is 0 Å². The summed E-state index contributed by atoms with van der Waals surface area (Å²) >= 11 is 3.03. The number of β-amino-alcohol motifs (C(OH)–C–C–N with tert-alkyl or cyclic N) is 1. The molecule has 1 heterocycles. The quantitative estimate of drug-likeness (QED) is 0.862. The lowest BCUT2D eigenvalue weighted by Crippen LogP contribution is -2.60. The van der Waals surface area contributed by atoms with Gasteiger partial charge in [-0.3, -0.25) is 0 Å². The monoisotopic (exact) mass is 309 g/mol. The van der Waals surface area contributed by atoms with Crippen molar-refractivity contribution in [3.8, 4) is 0 Å². The second-order valence-electron chi connectivity index (χ2n) is 4.51. The van der Waals surface area contributed by atoms with Gasteiger partial charge >= 0.3 is 6.18 Å². The van der Waals surface area contributed by atoms with E-state index in [1.807, 2.05) is 0 Å². The van der Waals surface area contributed by atoms with Crippen LogP contribution in [0.5, 0.6) is 0 Å². The molecule has 0 bridgehead atoms. The molecule has 94 valence electrons. The normalized spacial score (nSPS) is 19.1. The van der Waals surface area contributed by atoms with Gasteiger partial charge < -0.3 is 10.0 Å². The number of anilines is 1. The number of nitrogens with zero attached hydrogens (tertiary/aromatic N) is 1. The van der Waals surface area contributed by atoms with E-state index in [0.717, 1.165) is 6.07 Å². The maximum Gasteiger partial charge on any atom is 0.418 e. The lowest BCUT2D eigenvalue weighted by Gasteiger charge is -2.46. The van der Waals surface area contributed by atoms with Crippen molar-refractivity contribution in [3.63, 3.8) is 0 Å². The zero-order valence-corrected chi connectivity index (χ0v) is 10.6. The summed E-state index contributed by atoms with van der Waals surface area (Å²) in [6.07, 6.45) is -4.39. The van der Waals surface area contributed by atoms with Crippen molar-refractivity contribution >= 4 is 21.6 Å². The second kappa shape index (κ2) is 3.88. The van der Waals surface area contributed by atoms with Gasteiger partial charge in [-0.25, -0.2) is 0 Å². The minimum Gasteiger partial charge on any atom is -0.386 e. The molecule has 1 fully saturated rings. The topological polar surface area (TPSA) is 23.5 Å². The van der Waals surface area contributed by atoms with Crippen LogP contribution < -0.4 is 4.90 Å². The van der Waals surface area contributed by atoms with Crippen LogP contribution in [0.25, 0.3) is 0 Å². The first-order valence-electron chi connectivity index (χ1n) is 5.03. The van der Waals surface area contributed by atoms with Crippen molar-refractivity contribution in [1.29, 1.82) is 0 Å². The zero-order chi connectivity index (χ0) is 12.8. The van der Waals surface area contributed by atoms with E-state index in [1.54, 1.807) is 13.0 Å². The highest BCUT2D eigenvalue weighted by atomic mass is 79.9. The average molecular weight is 310 g/mol. The number of hydrogen-bond donors (Lipinski definition) is 1. The standard InChI is InChI=1S/C11H11BrF3NO/c1-10(17)5-16(6-10)9-3-2-7(12)4-8(9)11(13,14)15/h2-4,17H,5-6H2,1H3. The molecule has 2 nitrogen and oxygen atoms in total. The second-order valence-corrected chi connectivity index (χ2v) is 5.43. The van der Waals surface area contributed by atoms with E-state index in [-0.39, 0.29) is 18.8 Å². The molecular formula is C11H11BrF3NO. The Labute approximate surface area is 105 Å². The predicted molar refractivity (Wildman–Crippen MR) is 62.0 cm³/mol. The summed E-state index contributed by atoms with van der Waals surface area (Å²) in [7, 11) is 0. The minimum absolute atomic E-state index is 0.118. The van der Waals surface area contributed by atoms with Gasteiger partial charge in [0, 0.05) is 23.2 Å². The first-order chi connectivity index (χ1) is 7.69. The van der Waals surface area contributed by atoms with Crippen LogP contribution in [0.1, 0.15) is 12.5 Å². The predicted octanol–water partition coefficient (Wildman–Crippen LogP) is 3.04. The number of benzene rings is 1. The van der Waals surface area contributed by atoms with E-state index in [9.17, 15) is 18.3 Å².